The molecule has 35 heavy (non-hydrogen) atoms. The molecule has 0 spiro atoms. The minimum Gasteiger partial charge on any atom is -0.497 e. The van der Waals surface area contributed by atoms with E-state index < -0.39 is 0 Å². The van der Waals surface area contributed by atoms with Gasteiger partial charge in [-0.1, -0.05) is 13.8 Å². The van der Waals surface area contributed by atoms with Crippen LogP contribution in [0.2, 0.25) is 0 Å². The number of methoxy groups -OCH3 is 2. The molecule has 182 valence electrons. The summed E-state index contributed by atoms with van der Waals surface area (Å²) >= 11 is 1.60. The van der Waals surface area contributed by atoms with E-state index in [0.717, 1.165) is 50.3 Å². The van der Waals surface area contributed by atoms with Crippen LogP contribution in [0.1, 0.15) is 20.3 Å². The number of thiazole rings is 1. The highest BCUT2D eigenvalue weighted by molar-refractivity contribution is 7.18. The van der Waals surface area contributed by atoms with Crippen LogP contribution >= 0.6 is 11.3 Å². The van der Waals surface area contributed by atoms with Gasteiger partial charge in [-0.3, -0.25) is 4.79 Å². The van der Waals surface area contributed by atoms with Gasteiger partial charge in [0.1, 0.15) is 23.1 Å². The van der Waals surface area contributed by atoms with Gasteiger partial charge in [0.2, 0.25) is 0 Å². The third-order valence-corrected chi connectivity index (χ3v) is 6.78. The number of rotatable bonds is 10. The van der Waals surface area contributed by atoms with Crippen molar-refractivity contribution in [3.63, 3.8) is 0 Å². The molecule has 6 nitrogen and oxygen atoms in total. The van der Waals surface area contributed by atoms with Crippen LogP contribution < -0.4 is 9.47 Å². The lowest BCUT2D eigenvalue weighted by Gasteiger charge is -2.09. The second-order valence-corrected chi connectivity index (χ2v) is 9.58. The minimum atomic E-state index is -0.245. The molecule has 0 fully saturated rings. The van der Waals surface area contributed by atoms with Gasteiger partial charge in [0, 0.05) is 11.8 Å². The predicted molar refractivity (Wildman–Crippen MR) is 140 cm³/mol. The first-order valence-corrected chi connectivity index (χ1v) is 12.4. The van der Waals surface area contributed by atoms with E-state index >= 15 is 0 Å². The first-order chi connectivity index (χ1) is 17.0. The standard InChI is InChI=1S/C28H30N2O4S/c1-19(2)15-17-34-25(31)18-30-16-5-6-24(30)28-29-26(20-7-11-22(32-3)12-8-20)27(35-28)21-9-13-23(33-4)14-10-21/h5-14,16,19H,15,17-18H2,1-4H3. The summed E-state index contributed by atoms with van der Waals surface area (Å²) in [7, 11) is 3.31. The highest BCUT2D eigenvalue weighted by Crippen LogP contribution is 2.41. The van der Waals surface area contributed by atoms with Gasteiger partial charge in [-0.05, 0) is 78.6 Å². The first kappa shape index (κ1) is 24.5. The monoisotopic (exact) mass is 490 g/mol. The summed E-state index contributed by atoms with van der Waals surface area (Å²) in [6.45, 7) is 4.81. The minimum absolute atomic E-state index is 0.149. The van der Waals surface area contributed by atoms with E-state index in [0.29, 0.717) is 12.5 Å². The van der Waals surface area contributed by atoms with Crippen molar-refractivity contribution in [1.29, 1.82) is 0 Å². The summed E-state index contributed by atoms with van der Waals surface area (Å²) in [5, 5.41) is 0.835. The molecular formula is C28H30N2O4S. The van der Waals surface area contributed by atoms with Gasteiger partial charge in [-0.15, -0.1) is 11.3 Å². The lowest BCUT2D eigenvalue weighted by atomic mass is 10.1. The van der Waals surface area contributed by atoms with Gasteiger partial charge < -0.3 is 18.8 Å². The van der Waals surface area contributed by atoms with Crippen LogP contribution in [0, 0.1) is 5.92 Å². The molecule has 0 bridgehead atoms. The Bertz CT molecular complexity index is 1190. The van der Waals surface area contributed by atoms with Crippen LogP contribution in [0.25, 0.3) is 32.4 Å². The molecule has 0 aliphatic heterocycles. The van der Waals surface area contributed by atoms with E-state index in [1.807, 2.05) is 71.4 Å². The fourth-order valence-electron chi connectivity index (χ4n) is 3.65. The maximum atomic E-state index is 12.4. The molecule has 0 aliphatic rings. The van der Waals surface area contributed by atoms with Crippen molar-refractivity contribution in [1.82, 2.24) is 9.55 Å². The molecule has 0 aliphatic carbocycles. The van der Waals surface area contributed by atoms with E-state index in [9.17, 15) is 4.79 Å². The lowest BCUT2D eigenvalue weighted by molar-refractivity contribution is -0.144. The number of ether oxygens (including phenoxy) is 3. The second-order valence-electron chi connectivity index (χ2n) is 8.58. The molecule has 0 saturated carbocycles. The summed E-state index contributed by atoms with van der Waals surface area (Å²) in [6, 6.07) is 19.8. The number of hydrogen-bond acceptors (Lipinski definition) is 6. The third-order valence-electron chi connectivity index (χ3n) is 5.65. The maximum Gasteiger partial charge on any atom is 0.325 e. The molecule has 0 atom stereocenters. The Morgan fingerprint density at radius 3 is 2.17 bits per heavy atom. The Morgan fingerprint density at radius 1 is 0.943 bits per heavy atom. The second kappa shape index (κ2) is 11.2. The molecule has 0 saturated heterocycles. The SMILES string of the molecule is COc1ccc(-c2nc(-c3cccn3CC(=O)OCCC(C)C)sc2-c2ccc(OC)cc2)cc1. The third kappa shape index (κ3) is 5.92. The van der Waals surface area contributed by atoms with Gasteiger partial charge in [0.25, 0.3) is 0 Å². The molecule has 4 aromatic rings. The zero-order valence-electron chi connectivity index (χ0n) is 20.5. The smallest absolute Gasteiger partial charge is 0.325 e. The molecule has 2 aromatic carbocycles. The number of carbonyl (C=O) groups excluding carboxylic acids is 1. The van der Waals surface area contributed by atoms with Crippen molar-refractivity contribution >= 4 is 17.3 Å². The van der Waals surface area contributed by atoms with Crippen molar-refractivity contribution in [2.45, 2.75) is 26.8 Å². The zero-order chi connectivity index (χ0) is 24.8. The van der Waals surface area contributed by atoms with Crippen LogP contribution in [0.5, 0.6) is 11.5 Å². The van der Waals surface area contributed by atoms with Gasteiger partial charge in [0.15, 0.2) is 0 Å². The van der Waals surface area contributed by atoms with Crippen molar-refractivity contribution < 1.29 is 19.0 Å². The van der Waals surface area contributed by atoms with E-state index in [1.54, 1.807) is 25.6 Å². The Morgan fingerprint density at radius 2 is 1.57 bits per heavy atom. The van der Waals surface area contributed by atoms with Gasteiger partial charge in [-0.25, -0.2) is 4.98 Å². The molecular weight excluding hydrogens is 460 g/mol. The first-order valence-electron chi connectivity index (χ1n) is 11.6. The molecule has 0 N–H and O–H groups in total. The number of esters is 1. The van der Waals surface area contributed by atoms with Crippen LogP contribution in [0.15, 0.2) is 66.9 Å². The van der Waals surface area contributed by atoms with Gasteiger partial charge >= 0.3 is 5.97 Å². The van der Waals surface area contributed by atoms with E-state index in [1.165, 1.54) is 0 Å². The molecule has 0 radical (unpaired) electrons. The summed E-state index contributed by atoms with van der Waals surface area (Å²) in [6.07, 6.45) is 2.74. The number of hydrogen-bond donors (Lipinski definition) is 0. The van der Waals surface area contributed by atoms with Crippen molar-refractivity contribution in [2.24, 2.45) is 5.92 Å². The van der Waals surface area contributed by atoms with Gasteiger partial charge in [-0.2, -0.15) is 0 Å². The average molecular weight is 491 g/mol. The largest absolute Gasteiger partial charge is 0.497 e. The average Bonchev–Trinajstić information content (AvgIpc) is 3.51. The van der Waals surface area contributed by atoms with E-state index in [-0.39, 0.29) is 12.5 Å². The lowest BCUT2D eigenvalue weighted by Crippen LogP contribution is -2.15. The van der Waals surface area contributed by atoms with Crippen LogP contribution in [0.3, 0.4) is 0 Å². The summed E-state index contributed by atoms with van der Waals surface area (Å²) in [4.78, 5) is 18.5. The normalized spacial score (nSPS) is 11.0. The zero-order valence-corrected chi connectivity index (χ0v) is 21.3. The Labute approximate surface area is 210 Å². The quantitative estimate of drug-likeness (QED) is 0.236. The maximum absolute atomic E-state index is 12.4. The molecule has 2 aromatic heterocycles. The molecule has 0 unspecified atom stereocenters. The molecule has 2 heterocycles. The Hall–Kier alpha value is -3.58. The van der Waals surface area contributed by atoms with Crippen LogP contribution in [-0.2, 0) is 16.1 Å². The van der Waals surface area contributed by atoms with Crippen molar-refractivity contribution in [3.8, 4) is 43.9 Å². The van der Waals surface area contributed by atoms with Crippen LogP contribution in [-0.4, -0.2) is 36.3 Å². The number of nitrogens with zero attached hydrogens (tertiary/aromatic N) is 2. The highest BCUT2D eigenvalue weighted by Gasteiger charge is 2.19. The Kier molecular flexibility index (Phi) is 7.87. The summed E-state index contributed by atoms with van der Waals surface area (Å²) in [5.74, 6) is 1.84. The summed E-state index contributed by atoms with van der Waals surface area (Å²) in [5.41, 5.74) is 3.80. The Balaban J connectivity index is 1.68. The molecule has 4 rings (SSSR count). The molecule has 0 amide bonds. The number of carbonyl (C=O) groups is 1. The number of aromatic nitrogens is 2. The topological polar surface area (TPSA) is 62.6 Å². The van der Waals surface area contributed by atoms with E-state index in [2.05, 4.69) is 13.8 Å². The number of benzene rings is 2. The summed E-state index contributed by atoms with van der Waals surface area (Å²) < 4.78 is 18.0. The van der Waals surface area contributed by atoms with Crippen molar-refractivity contribution in [3.05, 3.63) is 66.9 Å². The highest BCUT2D eigenvalue weighted by atomic mass is 32.1. The van der Waals surface area contributed by atoms with Crippen LogP contribution in [0.4, 0.5) is 0 Å². The van der Waals surface area contributed by atoms with Gasteiger partial charge in [0.05, 0.1) is 37.1 Å². The van der Waals surface area contributed by atoms with Crippen molar-refractivity contribution in [2.75, 3.05) is 20.8 Å². The predicted octanol–water partition coefficient (Wildman–Crippen LogP) is 6.55. The molecule has 7 heteroatoms. The van der Waals surface area contributed by atoms with E-state index in [4.69, 9.17) is 19.2 Å². The fourth-order valence-corrected chi connectivity index (χ4v) is 4.79. The fraction of sp³-hybridized carbons (Fsp3) is 0.286.